The average Bonchev–Trinajstić information content (AvgIpc) is 3.08. The minimum atomic E-state index is -0.520. The van der Waals surface area contributed by atoms with E-state index >= 15 is 0 Å². The highest BCUT2D eigenvalue weighted by Crippen LogP contribution is 2.46. The predicted octanol–water partition coefficient (Wildman–Crippen LogP) is 3.36. The van der Waals surface area contributed by atoms with Crippen LogP contribution in [0.4, 0.5) is 5.69 Å². The number of hydrogen-bond acceptors (Lipinski definition) is 6. The van der Waals surface area contributed by atoms with Gasteiger partial charge in [-0.2, -0.15) is 0 Å². The van der Waals surface area contributed by atoms with Crippen molar-refractivity contribution in [1.29, 1.82) is 0 Å². The Morgan fingerprint density at radius 1 is 1.00 bits per heavy atom. The van der Waals surface area contributed by atoms with Gasteiger partial charge in [-0.05, 0) is 54.8 Å². The number of carbonyl (C=O) groups is 2. The van der Waals surface area contributed by atoms with Gasteiger partial charge in [0, 0.05) is 18.0 Å². The highest BCUT2D eigenvalue weighted by atomic mass is 16.5. The maximum absolute atomic E-state index is 13.2. The zero-order valence-corrected chi connectivity index (χ0v) is 17.3. The van der Waals surface area contributed by atoms with Crippen LogP contribution in [0.25, 0.3) is 0 Å². The first-order valence-corrected chi connectivity index (χ1v) is 9.60. The van der Waals surface area contributed by atoms with Gasteiger partial charge >= 0.3 is 5.97 Å². The van der Waals surface area contributed by atoms with Crippen LogP contribution < -0.4 is 14.4 Å². The Labute approximate surface area is 174 Å². The molecule has 2 aromatic carbocycles. The van der Waals surface area contributed by atoms with Gasteiger partial charge in [-0.3, -0.25) is 9.69 Å². The molecule has 7 nitrogen and oxygen atoms in total. The van der Waals surface area contributed by atoms with E-state index in [0.29, 0.717) is 16.8 Å². The number of anilines is 1. The van der Waals surface area contributed by atoms with Crippen LogP contribution in [0.15, 0.2) is 41.6 Å². The van der Waals surface area contributed by atoms with Crippen LogP contribution >= 0.6 is 0 Å². The number of ether oxygens (including phenoxy) is 3. The standard InChI is InChI=1S/C23H23NO6/c1-12-5-13(2)7-15(6-12)24-17-11-30-23(27)21(17)16(10-20(24)25)14-8-18(28-3)22(26)19(9-14)29-4/h5-9,16,26H,10-11H2,1-4H3. The van der Waals surface area contributed by atoms with E-state index in [9.17, 15) is 14.7 Å². The number of hydrogen-bond donors (Lipinski definition) is 1. The number of amides is 1. The lowest BCUT2D eigenvalue weighted by Crippen LogP contribution is -2.37. The highest BCUT2D eigenvalue weighted by molar-refractivity contribution is 6.06. The number of carbonyl (C=O) groups excluding carboxylic acids is 2. The van der Waals surface area contributed by atoms with Crippen molar-refractivity contribution in [2.45, 2.75) is 26.2 Å². The molecule has 1 atom stereocenters. The number of methoxy groups -OCH3 is 2. The van der Waals surface area contributed by atoms with E-state index < -0.39 is 11.9 Å². The molecule has 0 saturated heterocycles. The highest BCUT2D eigenvalue weighted by Gasteiger charge is 2.43. The Morgan fingerprint density at radius 2 is 1.60 bits per heavy atom. The fraction of sp³-hybridized carbons (Fsp3) is 0.304. The molecule has 0 aliphatic carbocycles. The molecule has 2 heterocycles. The molecule has 1 amide bonds. The summed E-state index contributed by atoms with van der Waals surface area (Å²) in [6, 6.07) is 9.12. The van der Waals surface area contributed by atoms with E-state index in [4.69, 9.17) is 14.2 Å². The number of esters is 1. The lowest BCUT2D eigenvalue weighted by atomic mass is 9.83. The molecule has 2 aliphatic heterocycles. The molecule has 30 heavy (non-hydrogen) atoms. The van der Waals surface area contributed by atoms with Crippen molar-refractivity contribution in [3.05, 3.63) is 58.3 Å². The summed E-state index contributed by atoms with van der Waals surface area (Å²) in [5.74, 6) is -0.806. The van der Waals surface area contributed by atoms with Crippen molar-refractivity contribution in [3.8, 4) is 17.2 Å². The first kappa shape index (κ1) is 19.8. The summed E-state index contributed by atoms with van der Waals surface area (Å²) in [6.07, 6.45) is 0.0814. The van der Waals surface area contributed by atoms with E-state index in [1.807, 2.05) is 32.0 Å². The lowest BCUT2D eigenvalue weighted by Gasteiger charge is -2.32. The number of aryl methyl sites for hydroxylation is 2. The van der Waals surface area contributed by atoms with Gasteiger partial charge in [0.1, 0.15) is 6.61 Å². The molecule has 0 bridgehead atoms. The summed E-state index contributed by atoms with van der Waals surface area (Å²) in [4.78, 5) is 27.5. The van der Waals surface area contributed by atoms with Crippen LogP contribution in [0.5, 0.6) is 17.2 Å². The van der Waals surface area contributed by atoms with Gasteiger partial charge in [-0.1, -0.05) is 6.07 Å². The Hall–Kier alpha value is -3.48. The van der Waals surface area contributed by atoms with Gasteiger partial charge in [0.25, 0.3) is 0 Å². The Balaban J connectivity index is 1.86. The van der Waals surface area contributed by atoms with Gasteiger partial charge in [0.05, 0.1) is 25.5 Å². The van der Waals surface area contributed by atoms with Gasteiger partial charge < -0.3 is 19.3 Å². The molecule has 1 unspecified atom stereocenters. The molecule has 0 radical (unpaired) electrons. The second-order valence-corrected chi connectivity index (χ2v) is 7.54. The van der Waals surface area contributed by atoms with Gasteiger partial charge in [0.15, 0.2) is 11.5 Å². The minimum Gasteiger partial charge on any atom is -0.502 e. The van der Waals surface area contributed by atoms with E-state index in [1.165, 1.54) is 14.2 Å². The monoisotopic (exact) mass is 409 g/mol. The number of benzene rings is 2. The van der Waals surface area contributed by atoms with Crippen molar-refractivity contribution in [1.82, 2.24) is 0 Å². The molecule has 0 spiro atoms. The normalized spacial score (nSPS) is 18.4. The van der Waals surface area contributed by atoms with Crippen molar-refractivity contribution >= 4 is 17.6 Å². The summed E-state index contributed by atoms with van der Waals surface area (Å²) in [5.41, 5.74) is 4.42. The number of rotatable bonds is 4. The first-order valence-electron chi connectivity index (χ1n) is 9.60. The molecule has 156 valence electrons. The third kappa shape index (κ3) is 3.16. The third-order valence-electron chi connectivity index (χ3n) is 5.49. The predicted molar refractivity (Wildman–Crippen MR) is 110 cm³/mol. The van der Waals surface area contributed by atoms with Gasteiger partial charge in [-0.15, -0.1) is 0 Å². The zero-order chi connectivity index (χ0) is 21.6. The summed E-state index contributed by atoms with van der Waals surface area (Å²) in [7, 11) is 2.86. The van der Waals surface area contributed by atoms with E-state index in [2.05, 4.69) is 0 Å². The Kier molecular flexibility index (Phi) is 4.89. The molecule has 2 aromatic rings. The quantitative estimate of drug-likeness (QED) is 0.780. The van der Waals surface area contributed by atoms with Crippen molar-refractivity contribution < 1.29 is 28.9 Å². The number of phenolic OH excluding ortho intramolecular Hbond substituents is 1. The average molecular weight is 409 g/mol. The van der Waals surface area contributed by atoms with Crippen LogP contribution in [0.2, 0.25) is 0 Å². The number of aromatic hydroxyl groups is 1. The van der Waals surface area contributed by atoms with Crippen LogP contribution in [-0.4, -0.2) is 37.8 Å². The van der Waals surface area contributed by atoms with Crippen molar-refractivity contribution in [3.63, 3.8) is 0 Å². The molecular formula is C23H23NO6. The van der Waals surface area contributed by atoms with Crippen molar-refractivity contribution in [2.24, 2.45) is 0 Å². The SMILES string of the molecule is COc1cc(C2CC(=O)N(c3cc(C)cc(C)c3)C3=C2C(=O)OC3)cc(OC)c1O. The second-order valence-electron chi connectivity index (χ2n) is 7.54. The number of phenols is 1. The maximum Gasteiger partial charge on any atom is 0.336 e. The van der Waals surface area contributed by atoms with Crippen LogP contribution in [-0.2, 0) is 14.3 Å². The summed E-state index contributed by atoms with van der Waals surface area (Å²) >= 11 is 0. The molecule has 0 saturated carbocycles. The molecule has 7 heteroatoms. The van der Waals surface area contributed by atoms with Crippen LogP contribution in [0, 0.1) is 13.8 Å². The molecular weight excluding hydrogens is 386 g/mol. The fourth-order valence-corrected chi connectivity index (χ4v) is 4.23. The van der Waals surface area contributed by atoms with E-state index in [-0.39, 0.29) is 36.2 Å². The topological polar surface area (TPSA) is 85.3 Å². The van der Waals surface area contributed by atoms with E-state index in [1.54, 1.807) is 17.0 Å². The van der Waals surface area contributed by atoms with Gasteiger partial charge in [0.2, 0.25) is 11.7 Å². The summed E-state index contributed by atoms with van der Waals surface area (Å²) in [5, 5.41) is 10.2. The largest absolute Gasteiger partial charge is 0.502 e. The fourth-order valence-electron chi connectivity index (χ4n) is 4.23. The number of nitrogens with zero attached hydrogens (tertiary/aromatic N) is 1. The Morgan fingerprint density at radius 3 is 2.17 bits per heavy atom. The maximum atomic E-state index is 13.2. The molecule has 4 rings (SSSR count). The summed E-state index contributed by atoms with van der Waals surface area (Å²) in [6.45, 7) is 3.97. The third-order valence-corrected chi connectivity index (χ3v) is 5.49. The summed E-state index contributed by atoms with van der Waals surface area (Å²) < 4.78 is 15.8. The molecule has 2 aliphatic rings. The molecule has 0 aromatic heterocycles. The smallest absolute Gasteiger partial charge is 0.336 e. The van der Waals surface area contributed by atoms with Crippen LogP contribution in [0.1, 0.15) is 29.0 Å². The molecule has 1 N–H and O–H groups in total. The van der Waals surface area contributed by atoms with Gasteiger partial charge in [-0.25, -0.2) is 4.79 Å². The first-order chi connectivity index (χ1) is 14.3. The van der Waals surface area contributed by atoms with E-state index in [0.717, 1.165) is 16.8 Å². The lowest BCUT2D eigenvalue weighted by molar-refractivity contribution is -0.136. The molecule has 0 fully saturated rings. The second kappa shape index (κ2) is 7.40. The van der Waals surface area contributed by atoms with Crippen LogP contribution in [0.3, 0.4) is 0 Å². The Bertz CT molecular complexity index is 1040. The zero-order valence-electron chi connectivity index (χ0n) is 17.3. The number of cyclic esters (lactones) is 1. The minimum absolute atomic E-state index is 0.0375. The van der Waals surface area contributed by atoms with Crippen molar-refractivity contribution in [2.75, 3.05) is 25.7 Å².